The van der Waals surface area contributed by atoms with Crippen LogP contribution < -0.4 is 15.5 Å². The molecule has 8 heteroatoms. The first-order valence-corrected chi connectivity index (χ1v) is 9.48. The van der Waals surface area contributed by atoms with Crippen molar-refractivity contribution in [1.29, 1.82) is 0 Å². The molecule has 3 aromatic carbocycles. The minimum Gasteiger partial charge on any atom is -0.507 e. The molecule has 0 fully saturated rings. The average Bonchev–Trinajstić information content (AvgIpc) is 2.73. The first-order valence-electron chi connectivity index (χ1n) is 9.48. The quantitative estimate of drug-likeness (QED) is 0.538. The molecule has 0 saturated carbocycles. The molecule has 6 nitrogen and oxygen atoms in total. The minimum absolute atomic E-state index is 0.0390. The molecule has 0 heterocycles. The van der Waals surface area contributed by atoms with Crippen molar-refractivity contribution in [1.82, 2.24) is 5.32 Å². The number of nitrogens with one attached hydrogen (secondary N) is 2. The Morgan fingerprint density at radius 1 is 0.935 bits per heavy atom. The molecule has 0 atom stereocenters. The first-order chi connectivity index (χ1) is 14.8. The lowest BCUT2D eigenvalue weighted by Gasteiger charge is -2.19. The molecular formula is C23H21F2N3O3. The van der Waals surface area contributed by atoms with E-state index < -0.39 is 23.4 Å². The number of hydrogen-bond donors (Lipinski definition) is 3. The summed E-state index contributed by atoms with van der Waals surface area (Å²) in [5, 5.41) is 15.3. The van der Waals surface area contributed by atoms with Crippen LogP contribution in [0.4, 0.5) is 20.2 Å². The third kappa shape index (κ3) is 5.79. The second kappa shape index (κ2) is 9.71. The lowest BCUT2D eigenvalue weighted by atomic mass is 10.1. The van der Waals surface area contributed by atoms with Crippen molar-refractivity contribution in [3.8, 4) is 5.75 Å². The molecule has 0 saturated heterocycles. The zero-order valence-electron chi connectivity index (χ0n) is 16.7. The molecular weight excluding hydrogens is 404 g/mol. The molecule has 2 amide bonds. The fraction of sp³-hybridized carbons (Fsp3) is 0.130. The number of phenolic OH excluding ortho intramolecular Hbond substituents is 1. The van der Waals surface area contributed by atoms with Gasteiger partial charge in [-0.15, -0.1) is 0 Å². The van der Waals surface area contributed by atoms with E-state index >= 15 is 0 Å². The highest BCUT2D eigenvalue weighted by atomic mass is 19.1. The van der Waals surface area contributed by atoms with Crippen LogP contribution in [-0.2, 0) is 0 Å². The molecule has 0 aromatic heterocycles. The van der Waals surface area contributed by atoms with Gasteiger partial charge in [0.2, 0.25) is 0 Å². The third-order valence-corrected chi connectivity index (χ3v) is 4.55. The maximum atomic E-state index is 13.3. The van der Waals surface area contributed by atoms with E-state index in [0.29, 0.717) is 19.2 Å². The smallest absolute Gasteiger partial charge is 0.255 e. The van der Waals surface area contributed by atoms with E-state index in [-0.39, 0.29) is 22.6 Å². The van der Waals surface area contributed by atoms with Gasteiger partial charge in [-0.1, -0.05) is 18.2 Å². The Hall–Kier alpha value is -3.94. The molecule has 31 heavy (non-hydrogen) atoms. The molecule has 3 N–H and O–H groups in total. The zero-order valence-corrected chi connectivity index (χ0v) is 16.7. The van der Waals surface area contributed by atoms with E-state index in [0.717, 1.165) is 17.8 Å². The van der Waals surface area contributed by atoms with Crippen LogP contribution in [0.1, 0.15) is 20.7 Å². The summed E-state index contributed by atoms with van der Waals surface area (Å²) in [6.07, 6.45) is 0. The molecule has 0 aliphatic heterocycles. The number of amides is 2. The summed E-state index contributed by atoms with van der Waals surface area (Å²) in [4.78, 5) is 26.5. The molecule has 0 radical (unpaired) electrons. The van der Waals surface area contributed by atoms with Crippen LogP contribution in [0, 0.1) is 11.6 Å². The molecule has 0 bridgehead atoms. The fourth-order valence-corrected chi connectivity index (χ4v) is 2.93. The Labute approximate surface area is 178 Å². The summed E-state index contributed by atoms with van der Waals surface area (Å²) >= 11 is 0. The van der Waals surface area contributed by atoms with Gasteiger partial charge in [0.25, 0.3) is 11.8 Å². The van der Waals surface area contributed by atoms with Crippen LogP contribution >= 0.6 is 0 Å². The number of nitrogens with zero attached hydrogens (tertiary/aromatic N) is 1. The van der Waals surface area contributed by atoms with Crippen molar-refractivity contribution < 1.29 is 23.5 Å². The second-order valence-corrected chi connectivity index (χ2v) is 6.86. The molecule has 0 aliphatic carbocycles. The number of para-hydroxylation sites is 1. The number of rotatable bonds is 7. The maximum absolute atomic E-state index is 13.3. The van der Waals surface area contributed by atoms with Gasteiger partial charge in [-0.3, -0.25) is 9.59 Å². The van der Waals surface area contributed by atoms with E-state index in [1.165, 1.54) is 18.2 Å². The van der Waals surface area contributed by atoms with Crippen LogP contribution in [-0.4, -0.2) is 37.1 Å². The normalized spacial score (nSPS) is 10.4. The van der Waals surface area contributed by atoms with E-state index in [9.17, 15) is 23.5 Å². The lowest BCUT2D eigenvalue weighted by molar-refractivity contribution is 0.0951. The molecule has 160 valence electrons. The Morgan fingerprint density at radius 3 is 2.26 bits per heavy atom. The van der Waals surface area contributed by atoms with Gasteiger partial charge >= 0.3 is 0 Å². The Balaban J connectivity index is 1.58. The lowest BCUT2D eigenvalue weighted by Crippen LogP contribution is -2.33. The predicted octanol–water partition coefficient (Wildman–Crippen LogP) is 3.79. The summed E-state index contributed by atoms with van der Waals surface area (Å²) in [7, 11) is 1.90. The van der Waals surface area contributed by atoms with E-state index in [4.69, 9.17) is 0 Å². The van der Waals surface area contributed by atoms with E-state index in [2.05, 4.69) is 10.6 Å². The second-order valence-electron chi connectivity index (χ2n) is 6.86. The predicted molar refractivity (Wildman–Crippen MR) is 114 cm³/mol. The fourth-order valence-electron chi connectivity index (χ4n) is 2.93. The van der Waals surface area contributed by atoms with Crippen molar-refractivity contribution in [3.05, 3.63) is 89.5 Å². The van der Waals surface area contributed by atoms with Crippen molar-refractivity contribution in [2.24, 2.45) is 0 Å². The summed E-state index contributed by atoms with van der Waals surface area (Å²) in [6, 6.07) is 16.1. The number of anilines is 2. The first kappa shape index (κ1) is 21.8. The van der Waals surface area contributed by atoms with Gasteiger partial charge in [0.1, 0.15) is 17.4 Å². The van der Waals surface area contributed by atoms with Gasteiger partial charge in [-0.25, -0.2) is 8.78 Å². The standard InChI is InChI=1S/C23H21F2N3O3/c1-28(19-5-3-2-4-6-19)10-9-26-23(31)20-8-7-18(14-21(20)29)27-22(30)15-11-16(24)13-17(25)12-15/h2-8,11-14,29H,9-10H2,1H3,(H,26,31)(H,27,30). The average molecular weight is 425 g/mol. The number of phenols is 1. The highest BCUT2D eigenvalue weighted by molar-refractivity contribution is 6.05. The van der Waals surface area contributed by atoms with Gasteiger partial charge in [-0.05, 0) is 36.4 Å². The number of likely N-dealkylation sites (N-methyl/N-ethyl adjacent to an activating group) is 1. The van der Waals surface area contributed by atoms with Crippen molar-refractivity contribution in [3.63, 3.8) is 0 Å². The molecule has 3 aromatic rings. The van der Waals surface area contributed by atoms with Crippen molar-refractivity contribution >= 4 is 23.2 Å². The Kier molecular flexibility index (Phi) is 6.81. The largest absolute Gasteiger partial charge is 0.507 e. The number of hydrogen-bond acceptors (Lipinski definition) is 4. The minimum atomic E-state index is -0.877. The van der Waals surface area contributed by atoms with Gasteiger partial charge < -0.3 is 20.6 Å². The number of aromatic hydroxyl groups is 1. The highest BCUT2D eigenvalue weighted by Gasteiger charge is 2.14. The van der Waals surface area contributed by atoms with E-state index in [1.54, 1.807) is 0 Å². The van der Waals surface area contributed by atoms with Crippen LogP contribution in [0.2, 0.25) is 0 Å². The Bertz CT molecular complexity index is 1070. The van der Waals surface area contributed by atoms with Gasteiger partial charge in [-0.2, -0.15) is 0 Å². The number of carbonyl (C=O) groups excluding carboxylic acids is 2. The SMILES string of the molecule is CN(CCNC(=O)c1ccc(NC(=O)c2cc(F)cc(F)c2)cc1O)c1ccccc1. The van der Waals surface area contributed by atoms with Gasteiger partial charge in [0.15, 0.2) is 0 Å². The monoisotopic (exact) mass is 425 g/mol. The van der Waals surface area contributed by atoms with Gasteiger partial charge in [0, 0.05) is 49.2 Å². The molecule has 3 rings (SSSR count). The summed E-state index contributed by atoms with van der Waals surface area (Å²) in [5.74, 6) is -3.31. The number of carbonyl (C=O) groups is 2. The highest BCUT2D eigenvalue weighted by Crippen LogP contribution is 2.23. The molecule has 0 unspecified atom stereocenters. The zero-order chi connectivity index (χ0) is 22.4. The van der Waals surface area contributed by atoms with Crippen molar-refractivity contribution in [2.75, 3.05) is 30.4 Å². The molecule has 0 spiro atoms. The van der Waals surface area contributed by atoms with Crippen LogP contribution in [0.15, 0.2) is 66.7 Å². The summed E-state index contributed by atoms with van der Waals surface area (Å²) in [5.41, 5.74) is 1.02. The van der Waals surface area contributed by atoms with Crippen molar-refractivity contribution in [2.45, 2.75) is 0 Å². The summed E-state index contributed by atoms with van der Waals surface area (Å²) in [6.45, 7) is 0.919. The van der Waals surface area contributed by atoms with Crippen LogP contribution in [0.3, 0.4) is 0 Å². The van der Waals surface area contributed by atoms with Crippen LogP contribution in [0.25, 0.3) is 0 Å². The third-order valence-electron chi connectivity index (χ3n) is 4.55. The summed E-state index contributed by atoms with van der Waals surface area (Å²) < 4.78 is 26.5. The Morgan fingerprint density at radius 2 is 1.61 bits per heavy atom. The van der Waals surface area contributed by atoms with Gasteiger partial charge in [0.05, 0.1) is 5.56 Å². The topological polar surface area (TPSA) is 81.7 Å². The van der Waals surface area contributed by atoms with Crippen LogP contribution in [0.5, 0.6) is 5.75 Å². The number of benzene rings is 3. The van der Waals surface area contributed by atoms with E-state index in [1.807, 2.05) is 42.3 Å². The number of halogens is 2. The molecule has 0 aliphatic rings. The maximum Gasteiger partial charge on any atom is 0.255 e.